The topological polar surface area (TPSA) is 49.3 Å². The fourth-order valence-electron chi connectivity index (χ4n) is 2.09. The van der Waals surface area contributed by atoms with Gasteiger partial charge in [0.2, 0.25) is 0 Å². The lowest BCUT2D eigenvalue weighted by molar-refractivity contribution is -0.138. The Balaban J connectivity index is 2.02. The van der Waals surface area contributed by atoms with E-state index in [1.807, 2.05) is 31.2 Å². The van der Waals surface area contributed by atoms with Gasteiger partial charge in [0, 0.05) is 12.2 Å². The Kier molecular flexibility index (Phi) is 4.58. The molecule has 4 heteroatoms. The molecule has 0 aromatic heterocycles. The molecular formula is C17H18FNO2. The highest BCUT2D eigenvalue weighted by Gasteiger charge is 2.12. The molecule has 2 aromatic rings. The number of aryl methyl sites for hydroxylation is 1. The minimum atomic E-state index is -0.831. The van der Waals surface area contributed by atoms with Gasteiger partial charge in [-0.05, 0) is 48.7 Å². The summed E-state index contributed by atoms with van der Waals surface area (Å²) in [6, 6.07) is 12.1. The number of halogens is 1. The standard InChI is InChI=1S/C17H18FNO2/c1-11-9-15(18)7-8-16(11)19-10-13-3-5-14(6-4-13)12(2)17(20)21/h3-9,12,19H,10H2,1-2H3,(H,20,21). The Morgan fingerprint density at radius 3 is 2.48 bits per heavy atom. The largest absolute Gasteiger partial charge is 0.481 e. The van der Waals surface area contributed by atoms with Crippen molar-refractivity contribution in [2.75, 3.05) is 5.32 Å². The number of anilines is 1. The lowest BCUT2D eigenvalue weighted by Gasteiger charge is -2.11. The second-order valence-corrected chi connectivity index (χ2v) is 5.11. The van der Waals surface area contributed by atoms with Crippen LogP contribution in [0.4, 0.5) is 10.1 Å². The maximum absolute atomic E-state index is 13.0. The molecular weight excluding hydrogens is 269 g/mol. The molecule has 0 bridgehead atoms. The molecule has 1 unspecified atom stereocenters. The molecule has 0 aliphatic carbocycles. The second-order valence-electron chi connectivity index (χ2n) is 5.11. The summed E-state index contributed by atoms with van der Waals surface area (Å²) in [5.74, 6) is -1.58. The van der Waals surface area contributed by atoms with E-state index in [1.165, 1.54) is 12.1 Å². The zero-order valence-corrected chi connectivity index (χ0v) is 12.1. The Hall–Kier alpha value is -2.36. The minimum Gasteiger partial charge on any atom is -0.481 e. The average Bonchev–Trinajstić information content (AvgIpc) is 2.46. The van der Waals surface area contributed by atoms with Crippen LogP contribution in [-0.2, 0) is 11.3 Å². The van der Waals surface area contributed by atoms with Gasteiger partial charge in [-0.2, -0.15) is 0 Å². The molecule has 0 saturated carbocycles. The monoisotopic (exact) mass is 287 g/mol. The second kappa shape index (κ2) is 6.39. The number of carbonyl (C=O) groups is 1. The van der Waals surface area contributed by atoms with Gasteiger partial charge in [0.15, 0.2) is 0 Å². The van der Waals surface area contributed by atoms with Gasteiger partial charge in [0.25, 0.3) is 0 Å². The summed E-state index contributed by atoms with van der Waals surface area (Å²) in [6.45, 7) is 4.12. The highest BCUT2D eigenvalue weighted by atomic mass is 19.1. The predicted molar refractivity (Wildman–Crippen MR) is 81.0 cm³/mol. The molecule has 2 aromatic carbocycles. The van der Waals surface area contributed by atoms with Gasteiger partial charge in [0.1, 0.15) is 5.82 Å². The van der Waals surface area contributed by atoms with Crippen LogP contribution in [-0.4, -0.2) is 11.1 Å². The van der Waals surface area contributed by atoms with Crippen LogP contribution in [0.2, 0.25) is 0 Å². The van der Waals surface area contributed by atoms with Crippen LogP contribution in [0.1, 0.15) is 29.5 Å². The lowest BCUT2D eigenvalue weighted by atomic mass is 10.00. The average molecular weight is 287 g/mol. The third kappa shape index (κ3) is 3.81. The van der Waals surface area contributed by atoms with E-state index in [0.717, 1.165) is 22.4 Å². The Labute approximate surface area is 123 Å². The fraction of sp³-hybridized carbons (Fsp3) is 0.235. The van der Waals surface area contributed by atoms with Crippen molar-refractivity contribution in [2.45, 2.75) is 26.3 Å². The van der Waals surface area contributed by atoms with Gasteiger partial charge in [-0.15, -0.1) is 0 Å². The Bertz CT molecular complexity index is 638. The summed E-state index contributed by atoms with van der Waals surface area (Å²) in [6.07, 6.45) is 0. The van der Waals surface area contributed by atoms with Crippen molar-refractivity contribution in [1.82, 2.24) is 0 Å². The first-order chi connectivity index (χ1) is 9.97. The third-order valence-corrected chi connectivity index (χ3v) is 3.52. The normalized spacial score (nSPS) is 12.0. The maximum Gasteiger partial charge on any atom is 0.310 e. The first-order valence-electron chi connectivity index (χ1n) is 6.79. The van der Waals surface area contributed by atoms with Crippen molar-refractivity contribution in [2.24, 2.45) is 0 Å². The molecule has 0 aliphatic heterocycles. The highest BCUT2D eigenvalue weighted by Crippen LogP contribution is 2.19. The van der Waals surface area contributed by atoms with Crippen LogP contribution in [0.3, 0.4) is 0 Å². The number of nitrogens with one attached hydrogen (secondary N) is 1. The third-order valence-electron chi connectivity index (χ3n) is 3.52. The molecule has 0 fully saturated rings. The van der Waals surface area contributed by atoms with E-state index < -0.39 is 11.9 Å². The zero-order chi connectivity index (χ0) is 15.4. The van der Waals surface area contributed by atoms with Crippen LogP contribution in [0.25, 0.3) is 0 Å². The fourth-order valence-corrected chi connectivity index (χ4v) is 2.09. The molecule has 0 aliphatic rings. The molecule has 0 amide bonds. The van der Waals surface area contributed by atoms with E-state index in [-0.39, 0.29) is 5.82 Å². The Morgan fingerprint density at radius 2 is 1.90 bits per heavy atom. The number of rotatable bonds is 5. The van der Waals surface area contributed by atoms with E-state index in [4.69, 9.17) is 5.11 Å². The molecule has 0 saturated heterocycles. The van der Waals surface area contributed by atoms with E-state index in [1.54, 1.807) is 13.0 Å². The number of hydrogen-bond acceptors (Lipinski definition) is 2. The molecule has 21 heavy (non-hydrogen) atoms. The van der Waals surface area contributed by atoms with Gasteiger partial charge < -0.3 is 10.4 Å². The summed E-state index contributed by atoms with van der Waals surface area (Å²) < 4.78 is 13.0. The predicted octanol–water partition coefficient (Wildman–Crippen LogP) is 3.93. The van der Waals surface area contributed by atoms with Crippen LogP contribution in [0.5, 0.6) is 0 Å². The molecule has 0 radical (unpaired) electrons. The first kappa shape index (κ1) is 15.0. The molecule has 1 atom stereocenters. The lowest BCUT2D eigenvalue weighted by Crippen LogP contribution is -2.07. The van der Waals surface area contributed by atoms with Gasteiger partial charge >= 0.3 is 5.97 Å². The Morgan fingerprint density at radius 1 is 1.24 bits per heavy atom. The minimum absolute atomic E-state index is 0.245. The summed E-state index contributed by atoms with van der Waals surface area (Å²) in [5.41, 5.74) is 3.56. The van der Waals surface area contributed by atoms with Crippen LogP contribution in [0, 0.1) is 12.7 Å². The van der Waals surface area contributed by atoms with Gasteiger partial charge in [-0.25, -0.2) is 4.39 Å². The SMILES string of the molecule is Cc1cc(F)ccc1NCc1ccc(C(C)C(=O)O)cc1. The molecule has 2 rings (SSSR count). The number of carboxylic acid groups (broad SMARTS) is 1. The zero-order valence-electron chi connectivity index (χ0n) is 12.1. The molecule has 0 spiro atoms. The number of benzene rings is 2. The van der Waals surface area contributed by atoms with Gasteiger partial charge in [-0.1, -0.05) is 24.3 Å². The summed E-state index contributed by atoms with van der Waals surface area (Å²) in [5, 5.41) is 12.2. The number of hydrogen-bond donors (Lipinski definition) is 2. The summed E-state index contributed by atoms with van der Waals surface area (Å²) in [7, 11) is 0. The molecule has 110 valence electrons. The molecule has 0 heterocycles. The van der Waals surface area contributed by atoms with E-state index in [0.29, 0.717) is 6.54 Å². The van der Waals surface area contributed by atoms with Crippen molar-refractivity contribution in [1.29, 1.82) is 0 Å². The van der Waals surface area contributed by atoms with E-state index >= 15 is 0 Å². The van der Waals surface area contributed by atoms with E-state index in [9.17, 15) is 9.18 Å². The quantitative estimate of drug-likeness (QED) is 0.876. The van der Waals surface area contributed by atoms with Crippen LogP contribution >= 0.6 is 0 Å². The van der Waals surface area contributed by atoms with Gasteiger partial charge in [-0.3, -0.25) is 4.79 Å². The number of aliphatic carboxylic acids is 1. The van der Waals surface area contributed by atoms with Crippen molar-refractivity contribution < 1.29 is 14.3 Å². The summed E-state index contributed by atoms with van der Waals surface area (Å²) in [4.78, 5) is 10.9. The first-order valence-corrected chi connectivity index (χ1v) is 6.79. The molecule has 3 nitrogen and oxygen atoms in total. The highest BCUT2D eigenvalue weighted by molar-refractivity contribution is 5.75. The van der Waals surface area contributed by atoms with Crippen molar-refractivity contribution in [3.63, 3.8) is 0 Å². The van der Waals surface area contributed by atoms with E-state index in [2.05, 4.69) is 5.32 Å². The molecule has 2 N–H and O–H groups in total. The maximum atomic E-state index is 13.0. The van der Waals surface area contributed by atoms with Crippen LogP contribution in [0.15, 0.2) is 42.5 Å². The van der Waals surface area contributed by atoms with Crippen molar-refractivity contribution >= 4 is 11.7 Å². The number of carboxylic acids is 1. The van der Waals surface area contributed by atoms with Crippen molar-refractivity contribution in [3.05, 3.63) is 65.0 Å². The summed E-state index contributed by atoms with van der Waals surface area (Å²) >= 11 is 0. The van der Waals surface area contributed by atoms with Crippen LogP contribution < -0.4 is 5.32 Å². The van der Waals surface area contributed by atoms with Gasteiger partial charge in [0.05, 0.1) is 5.92 Å². The smallest absolute Gasteiger partial charge is 0.310 e. The van der Waals surface area contributed by atoms with Crippen molar-refractivity contribution in [3.8, 4) is 0 Å².